The monoisotopic (exact) mass is 268 g/mol. The molecule has 4 heteroatoms. The van der Waals surface area contributed by atoms with Crippen molar-refractivity contribution < 1.29 is 0 Å². The second kappa shape index (κ2) is 5.13. The van der Waals surface area contributed by atoms with E-state index in [2.05, 4.69) is 65.5 Å². The summed E-state index contributed by atoms with van der Waals surface area (Å²) in [7, 11) is 4.15. The molecular formula is C16H20N4. The number of H-pyrrole nitrogens is 1. The number of rotatable bonds is 4. The first kappa shape index (κ1) is 12.9. The lowest BCUT2D eigenvalue weighted by molar-refractivity contribution is 0.315. The van der Waals surface area contributed by atoms with Gasteiger partial charge in [0.2, 0.25) is 0 Å². The van der Waals surface area contributed by atoms with Crippen LogP contribution in [0, 0.1) is 0 Å². The van der Waals surface area contributed by atoms with E-state index in [0.29, 0.717) is 0 Å². The normalized spacial score (nSPS) is 13.2. The van der Waals surface area contributed by atoms with E-state index in [0.717, 1.165) is 23.3 Å². The SMILES string of the molecule is CCC(Nc1nccc2c1[nH]c1ccccc12)N(C)C. The highest BCUT2D eigenvalue weighted by Gasteiger charge is 2.13. The van der Waals surface area contributed by atoms with Gasteiger partial charge in [-0.15, -0.1) is 0 Å². The molecule has 0 saturated heterocycles. The van der Waals surface area contributed by atoms with Gasteiger partial charge < -0.3 is 10.3 Å². The van der Waals surface area contributed by atoms with Crippen molar-refractivity contribution in [1.29, 1.82) is 0 Å². The smallest absolute Gasteiger partial charge is 0.151 e. The summed E-state index contributed by atoms with van der Waals surface area (Å²) in [6.45, 7) is 2.17. The second-order valence-electron chi connectivity index (χ2n) is 5.28. The average molecular weight is 268 g/mol. The van der Waals surface area contributed by atoms with E-state index in [1.807, 2.05) is 12.3 Å². The van der Waals surface area contributed by atoms with Crippen molar-refractivity contribution >= 4 is 27.6 Å². The van der Waals surface area contributed by atoms with Crippen LogP contribution in [0.1, 0.15) is 13.3 Å². The minimum absolute atomic E-state index is 0.277. The minimum atomic E-state index is 0.277. The van der Waals surface area contributed by atoms with Gasteiger partial charge >= 0.3 is 0 Å². The predicted molar refractivity (Wildman–Crippen MR) is 85.0 cm³/mol. The van der Waals surface area contributed by atoms with Crippen molar-refractivity contribution in [2.24, 2.45) is 0 Å². The molecule has 0 fully saturated rings. The maximum Gasteiger partial charge on any atom is 0.151 e. The molecule has 0 radical (unpaired) electrons. The molecule has 2 heterocycles. The first-order chi connectivity index (χ1) is 9.70. The molecule has 20 heavy (non-hydrogen) atoms. The van der Waals surface area contributed by atoms with Gasteiger partial charge in [0.1, 0.15) is 0 Å². The number of hydrogen-bond acceptors (Lipinski definition) is 3. The molecule has 2 aromatic heterocycles. The molecule has 0 saturated carbocycles. The summed E-state index contributed by atoms with van der Waals surface area (Å²) >= 11 is 0. The van der Waals surface area contributed by atoms with Crippen molar-refractivity contribution in [2.75, 3.05) is 19.4 Å². The van der Waals surface area contributed by atoms with Crippen LogP contribution in [0.5, 0.6) is 0 Å². The van der Waals surface area contributed by atoms with Crippen LogP contribution in [0.4, 0.5) is 5.82 Å². The Bertz CT molecular complexity index is 730. The fourth-order valence-corrected chi connectivity index (χ4v) is 2.64. The Labute approximate surface area is 118 Å². The molecule has 3 rings (SSSR count). The second-order valence-corrected chi connectivity index (χ2v) is 5.28. The molecule has 104 valence electrons. The van der Waals surface area contributed by atoms with E-state index in [1.54, 1.807) is 0 Å². The van der Waals surface area contributed by atoms with Gasteiger partial charge in [0.15, 0.2) is 5.82 Å². The number of nitrogens with one attached hydrogen (secondary N) is 2. The summed E-state index contributed by atoms with van der Waals surface area (Å²) in [5.74, 6) is 0.916. The van der Waals surface area contributed by atoms with Crippen LogP contribution in [-0.4, -0.2) is 35.1 Å². The molecular weight excluding hydrogens is 248 g/mol. The summed E-state index contributed by atoms with van der Waals surface area (Å²) < 4.78 is 0. The zero-order valence-corrected chi connectivity index (χ0v) is 12.1. The first-order valence-electron chi connectivity index (χ1n) is 6.99. The van der Waals surface area contributed by atoms with Crippen LogP contribution in [0.3, 0.4) is 0 Å². The van der Waals surface area contributed by atoms with Crippen molar-refractivity contribution in [1.82, 2.24) is 14.9 Å². The van der Waals surface area contributed by atoms with Crippen molar-refractivity contribution in [3.63, 3.8) is 0 Å². The Kier molecular flexibility index (Phi) is 3.32. The summed E-state index contributed by atoms with van der Waals surface area (Å²) in [4.78, 5) is 10.1. The third-order valence-electron chi connectivity index (χ3n) is 3.74. The Balaban J connectivity index is 2.12. The van der Waals surface area contributed by atoms with Crippen LogP contribution in [0.2, 0.25) is 0 Å². The number of pyridine rings is 1. The fraction of sp³-hybridized carbons (Fsp3) is 0.312. The number of para-hydroxylation sites is 1. The van der Waals surface area contributed by atoms with Crippen LogP contribution in [0.15, 0.2) is 36.5 Å². The molecule has 2 N–H and O–H groups in total. The van der Waals surface area contributed by atoms with Crippen molar-refractivity contribution in [2.45, 2.75) is 19.5 Å². The number of aromatic amines is 1. The predicted octanol–water partition coefficient (Wildman–Crippen LogP) is 3.43. The standard InChI is InChI=1S/C16H20N4/c1-4-14(20(2)3)19-16-15-12(9-10-17-16)11-7-5-6-8-13(11)18-15/h5-10,14,18H,4H2,1-3H3,(H,17,19). The molecule has 0 spiro atoms. The summed E-state index contributed by atoms with van der Waals surface area (Å²) in [6.07, 6.45) is 3.16. The number of nitrogens with zero attached hydrogens (tertiary/aromatic N) is 2. The van der Waals surface area contributed by atoms with Gasteiger partial charge in [0, 0.05) is 22.5 Å². The topological polar surface area (TPSA) is 44.0 Å². The van der Waals surface area contributed by atoms with E-state index in [-0.39, 0.29) is 6.17 Å². The Morgan fingerprint density at radius 3 is 2.75 bits per heavy atom. The van der Waals surface area contributed by atoms with Gasteiger partial charge in [-0.3, -0.25) is 4.90 Å². The van der Waals surface area contributed by atoms with Gasteiger partial charge in [-0.1, -0.05) is 25.1 Å². The van der Waals surface area contributed by atoms with Crippen LogP contribution >= 0.6 is 0 Å². The number of anilines is 1. The molecule has 4 nitrogen and oxygen atoms in total. The van der Waals surface area contributed by atoms with E-state index < -0.39 is 0 Å². The summed E-state index contributed by atoms with van der Waals surface area (Å²) in [6, 6.07) is 10.4. The van der Waals surface area contributed by atoms with Crippen LogP contribution in [-0.2, 0) is 0 Å². The Morgan fingerprint density at radius 1 is 1.20 bits per heavy atom. The molecule has 0 bridgehead atoms. The van der Waals surface area contributed by atoms with E-state index in [9.17, 15) is 0 Å². The highest BCUT2D eigenvalue weighted by atomic mass is 15.2. The quantitative estimate of drug-likeness (QED) is 0.713. The van der Waals surface area contributed by atoms with Gasteiger partial charge in [-0.25, -0.2) is 4.98 Å². The third-order valence-corrected chi connectivity index (χ3v) is 3.74. The number of aromatic nitrogens is 2. The molecule has 1 aromatic carbocycles. The molecule has 3 aromatic rings. The third kappa shape index (κ3) is 2.12. The van der Waals surface area contributed by atoms with E-state index in [1.165, 1.54) is 10.8 Å². The van der Waals surface area contributed by atoms with Gasteiger partial charge in [-0.2, -0.15) is 0 Å². The first-order valence-corrected chi connectivity index (χ1v) is 6.99. The number of benzene rings is 1. The van der Waals surface area contributed by atoms with E-state index >= 15 is 0 Å². The largest absolute Gasteiger partial charge is 0.353 e. The van der Waals surface area contributed by atoms with Gasteiger partial charge in [-0.05, 0) is 32.6 Å². The molecule has 0 amide bonds. The molecule has 1 unspecified atom stereocenters. The van der Waals surface area contributed by atoms with Crippen molar-refractivity contribution in [3.05, 3.63) is 36.5 Å². The molecule has 0 aliphatic carbocycles. The lowest BCUT2D eigenvalue weighted by atomic mass is 10.2. The van der Waals surface area contributed by atoms with Gasteiger partial charge in [0.25, 0.3) is 0 Å². The highest BCUT2D eigenvalue weighted by Crippen LogP contribution is 2.29. The number of fused-ring (bicyclic) bond motifs is 3. The van der Waals surface area contributed by atoms with Crippen molar-refractivity contribution in [3.8, 4) is 0 Å². The Hall–Kier alpha value is -2.07. The Morgan fingerprint density at radius 2 is 2.00 bits per heavy atom. The maximum absolute atomic E-state index is 4.50. The molecule has 0 aliphatic heterocycles. The zero-order valence-electron chi connectivity index (χ0n) is 12.1. The minimum Gasteiger partial charge on any atom is -0.353 e. The summed E-state index contributed by atoms with van der Waals surface area (Å²) in [5, 5.41) is 5.97. The lowest BCUT2D eigenvalue weighted by Crippen LogP contribution is -2.34. The van der Waals surface area contributed by atoms with Crippen LogP contribution in [0.25, 0.3) is 21.8 Å². The zero-order chi connectivity index (χ0) is 14.1. The molecule has 0 aliphatic rings. The fourth-order valence-electron chi connectivity index (χ4n) is 2.64. The molecule has 1 atom stereocenters. The number of hydrogen-bond donors (Lipinski definition) is 2. The summed E-state index contributed by atoms with van der Waals surface area (Å²) in [5.41, 5.74) is 2.23. The van der Waals surface area contributed by atoms with Gasteiger partial charge in [0.05, 0.1) is 11.7 Å². The van der Waals surface area contributed by atoms with Crippen LogP contribution < -0.4 is 5.32 Å². The highest BCUT2D eigenvalue weighted by molar-refractivity contribution is 6.10. The average Bonchev–Trinajstić information content (AvgIpc) is 2.84. The lowest BCUT2D eigenvalue weighted by Gasteiger charge is -2.24. The van der Waals surface area contributed by atoms with E-state index in [4.69, 9.17) is 0 Å². The maximum atomic E-state index is 4.50.